The number of hydrogen-bond donors (Lipinski definition) is 2. The van der Waals surface area contributed by atoms with Crippen molar-refractivity contribution in [1.29, 1.82) is 0 Å². The lowest BCUT2D eigenvalue weighted by Crippen LogP contribution is -2.58. The van der Waals surface area contributed by atoms with Crippen LogP contribution < -0.4 is 15.4 Å². The van der Waals surface area contributed by atoms with E-state index in [0.717, 1.165) is 11.8 Å². The van der Waals surface area contributed by atoms with Crippen LogP contribution in [-0.2, 0) is 30.3 Å². The first-order valence-electron chi connectivity index (χ1n) is 14.3. The van der Waals surface area contributed by atoms with E-state index in [2.05, 4.69) is 10.6 Å². The van der Waals surface area contributed by atoms with E-state index >= 15 is 8.78 Å². The Balaban J connectivity index is 2.10. The molecule has 10 nitrogen and oxygen atoms in total. The second-order valence-electron chi connectivity index (χ2n) is 11.5. The number of likely N-dealkylation sites (tertiary alicyclic amines) is 1. The van der Waals surface area contributed by atoms with Crippen LogP contribution in [0, 0.1) is 19.3 Å². The van der Waals surface area contributed by atoms with Gasteiger partial charge in [0.25, 0.3) is 17.7 Å². The zero-order valence-electron chi connectivity index (χ0n) is 26.0. The van der Waals surface area contributed by atoms with Gasteiger partial charge in [0.2, 0.25) is 12.0 Å². The number of esters is 2. The average Bonchev–Trinajstić information content (AvgIpc) is 3.12. The Hall–Kier alpha value is -4.35. The number of hydrogen-bond acceptors (Lipinski definition) is 7. The standard InChI is InChI=1S/C32H39F2N3O7/c1-8-35-29(41)27-31(6,7)32(33,34)17-37(27)30(42)26(44-21(5)39)24(16-22-12-10-9-11-13-22)36-28(40)23-14-18(2)15-25(19(23)3)43-20(4)38/h9-15,24,26-27H,8,16-17H2,1-7H3,(H,35,41)(H,36,40). The molecule has 3 atom stereocenters. The third kappa shape index (κ3) is 7.40. The minimum absolute atomic E-state index is 0.0304. The van der Waals surface area contributed by atoms with Gasteiger partial charge in [-0.25, -0.2) is 8.78 Å². The molecule has 3 amide bonds. The molecule has 12 heteroatoms. The maximum Gasteiger partial charge on any atom is 0.308 e. The molecule has 1 saturated heterocycles. The number of likely N-dealkylation sites (N-methyl/N-ethyl adjacent to an activating group) is 1. The van der Waals surface area contributed by atoms with Gasteiger partial charge >= 0.3 is 11.9 Å². The van der Waals surface area contributed by atoms with E-state index < -0.39 is 65.7 Å². The number of benzene rings is 2. The molecule has 2 N–H and O–H groups in total. The maximum atomic E-state index is 15.3. The number of ether oxygens (including phenoxy) is 2. The number of carbonyl (C=O) groups excluding carboxylic acids is 5. The van der Waals surface area contributed by atoms with Crippen molar-refractivity contribution in [2.24, 2.45) is 5.41 Å². The van der Waals surface area contributed by atoms with Crippen LogP contribution in [0.5, 0.6) is 5.75 Å². The fraction of sp³-hybridized carbons (Fsp3) is 0.469. The summed E-state index contributed by atoms with van der Waals surface area (Å²) in [6.07, 6.45) is -1.80. The predicted molar refractivity (Wildman–Crippen MR) is 157 cm³/mol. The van der Waals surface area contributed by atoms with Crippen molar-refractivity contribution in [3.63, 3.8) is 0 Å². The fourth-order valence-corrected chi connectivity index (χ4v) is 5.36. The summed E-state index contributed by atoms with van der Waals surface area (Å²) in [4.78, 5) is 65.7. The number of amides is 3. The van der Waals surface area contributed by atoms with Crippen molar-refractivity contribution in [1.82, 2.24) is 15.5 Å². The third-order valence-electron chi connectivity index (χ3n) is 7.71. The molecular formula is C32H39F2N3O7. The molecule has 1 heterocycles. The SMILES string of the molecule is CCNC(=O)C1N(C(=O)C(OC(C)=O)C(Cc2ccccc2)NC(=O)c2cc(C)cc(OC(C)=O)c2C)CC(F)(F)C1(C)C. The Kier molecular flexibility index (Phi) is 10.5. The fourth-order valence-electron chi connectivity index (χ4n) is 5.36. The molecule has 1 aliphatic heterocycles. The third-order valence-corrected chi connectivity index (χ3v) is 7.71. The molecule has 3 unspecified atom stereocenters. The highest BCUT2D eigenvalue weighted by atomic mass is 19.3. The van der Waals surface area contributed by atoms with Crippen LogP contribution in [0.4, 0.5) is 8.78 Å². The molecule has 238 valence electrons. The highest BCUT2D eigenvalue weighted by Crippen LogP contribution is 2.48. The first-order chi connectivity index (χ1) is 20.5. The van der Waals surface area contributed by atoms with Gasteiger partial charge in [-0.15, -0.1) is 0 Å². The summed E-state index contributed by atoms with van der Waals surface area (Å²) in [5.74, 6) is -7.27. The van der Waals surface area contributed by atoms with Gasteiger partial charge in [-0.3, -0.25) is 24.0 Å². The van der Waals surface area contributed by atoms with Gasteiger partial charge in [-0.2, -0.15) is 0 Å². The molecule has 0 aliphatic carbocycles. The normalized spacial score (nSPS) is 18.1. The molecule has 0 aromatic heterocycles. The summed E-state index contributed by atoms with van der Waals surface area (Å²) >= 11 is 0. The van der Waals surface area contributed by atoms with E-state index in [0.29, 0.717) is 16.7 Å². The maximum absolute atomic E-state index is 15.3. The number of halogens is 2. The number of carbonyl (C=O) groups is 5. The monoisotopic (exact) mass is 615 g/mol. The smallest absolute Gasteiger partial charge is 0.308 e. The lowest BCUT2D eigenvalue weighted by atomic mass is 9.81. The molecule has 1 fully saturated rings. The van der Waals surface area contributed by atoms with E-state index in [1.54, 1.807) is 63.2 Å². The minimum atomic E-state index is -3.46. The molecule has 2 aromatic carbocycles. The minimum Gasteiger partial charge on any atom is -0.450 e. The second-order valence-corrected chi connectivity index (χ2v) is 11.5. The molecule has 2 aromatic rings. The van der Waals surface area contributed by atoms with E-state index in [4.69, 9.17) is 9.47 Å². The van der Waals surface area contributed by atoms with Gasteiger partial charge in [0.05, 0.1) is 18.0 Å². The molecule has 3 rings (SSSR count). The van der Waals surface area contributed by atoms with Crippen molar-refractivity contribution >= 4 is 29.7 Å². The molecule has 1 aliphatic rings. The Morgan fingerprint density at radius 2 is 1.66 bits per heavy atom. The Morgan fingerprint density at radius 1 is 1.02 bits per heavy atom. The van der Waals surface area contributed by atoms with Crippen LogP contribution in [0.15, 0.2) is 42.5 Å². The van der Waals surface area contributed by atoms with E-state index in [1.165, 1.54) is 20.8 Å². The van der Waals surface area contributed by atoms with Crippen molar-refractivity contribution in [3.05, 3.63) is 64.7 Å². The van der Waals surface area contributed by atoms with Crippen molar-refractivity contribution in [2.45, 2.75) is 79.0 Å². The van der Waals surface area contributed by atoms with Gasteiger partial charge in [0.1, 0.15) is 11.8 Å². The second kappa shape index (κ2) is 13.5. The average molecular weight is 616 g/mol. The summed E-state index contributed by atoms with van der Waals surface area (Å²) in [6.45, 7) is 8.64. The van der Waals surface area contributed by atoms with Crippen molar-refractivity contribution < 1.29 is 42.2 Å². The molecule has 0 bridgehead atoms. The Morgan fingerprint density at radius 3 is 2.23 bits per heavy atom. The largest absolute Gasteiger partial charge is 0.450 e. The lowest BCUT2D eigenvalue weighted by Gasteiger charge is -2.35. The van der Waals surface area contributed by atoms with Gasteiger partial charge in [0.15, 0.2) is 0 Å². The van der Waals surface area contributed by atoms with Gasteiger partial charge in [-0.1, -0.05) is 44.2 Å². The van der Waals surface area contributed by atoms with Crippen LogP contribution >= 0.6 is 0 Å². The zero-order chi connectivity index (χ0) is 33.0. The topological polar surface area (TPSA) is 131 Å². The molecule has 44 heavy (non-hydrogen) atoms. The van der Waals surface area contributed by atoms with E-state index in [9.17, 15) is 24.0 Å². The summed E-state index contributed by atoms with van der Waals surface area (Å²) in [5.41, 5.74) is -0.226. The number of aryl methyl sites for hydroxylation is 1. The zero-order valence-corrected chi connectivity index (χ0v) is 26.0. The summed E-state index contributed by atoms with van der Waals surface area (Å²) in [5, 5.41) is 5.28. The van der Waals surface area contributed by atoms with Crippen LogP contribution in [0.3, 0.4) is 0 Å². The number of alkyl halides is 2. The van der Waals surface area contributed by atoms with Crippen LogP contribution in [-0.4, -0.2) is 71.8 Å². The highest BCUT2D eigenvalue weighted by molar-refractivity contribution is 5.98. The van der Waals surface area contributed by atoms with Crippen molar-refractivity contribution in [3.8, 4) is 5.75 Å². The molecule has 0 saturated carbocycles. The van der Waals surface area contributed by atoms with Gasteiger partial charge < -0.3 is 25.0 Å². The predicted octanol–water partition coefficient (Wildman–Crippen LogP) is 3.51. The number of nitrogens with zero attached hydrogens (tertiary/aromatic N) is 1. The van der Waals surface area contributed by atoms with E-state index in [-0.39, 0.29) is 24.3 Å². The Labute approximate surface area is 255 Å². The quantitative estimate of drug-likeness (QED) is 0.309. The van der Waals surface area contributed by atoms with Crippen molar-refractivity contribution in [2.75, 3.05) is 13.1 Å². The number of nitrogens with one attached hydrogen (secondary N) is 2. The first kappa shape index (κ1) is 34.1. The lowest BCUT2D eigenvalue weighted by molar-refractivity contribution is -0.162. The van der Waals surface area contributed by atoms with Gasteiger partial charge in [-0.05, 0) is 50.5 Å². The number of rotatable bonds is 10. The highest BCUT2D eigenvalue weighted by Gasteiger charge is 2.65. The molecular weight excluding hydrogens is 576 g/mol. The summed E-state index contributed by atoms with van der Waals surface area (Å²) in [6, 6.07) is 9.04. The van der Waals surface area contributed by atoms with Crippen LogP contribution in [0.2, 0.25) is 0 Å². The summed E-state index contributed by atoms with van der Waals surface area (Å²) in [7, 11) is 0. The first-order valence-corrected chi connectivity index (χ1v) is 14.3. The molecule has 0 spiro atoms. The van der Waals surface area contributed by atoms with Crippen LogP contribution in [0.25, 0.3) is 0 Å². The van der Waals surface area contributed by atoms with Crippen LogP contribution in [0.1, 0.15) is 61.7 Å². The summed E-state index contributed by atoms with van der Waals surface area (Å²) < 4.78 is 41.3. The van der Waals surface area contributed by atoms with Gasteiger partial charge in [0, 0.05) is 31.5 Å². The Bertz CT molecular complexity index is 1430. The molecule has 0 radical (unpaired) electrons. The van der Waals surface area contributed by atoms with E-state index in [1.807, 2.05) is 0 Å².